The molecule has 0 aliphatic heterocycles. The number of halogens is 1. The van der Waals surface area contributed by atoms with Crippen molar-refractivity contribution < 1.29 is 0 Å². The summed E-state index contributed by atoms with van der Waals surface area (Å²) < 4.78 is 0. The van der Waals surface area contributed by atoms with Crippen molar-refractivity contribution in [3.05, 3.63) is 88.0 Å². The Hall–Kier alpha value is -2.65. The van der Waals surface area contributed by atoms with E-state index in [9.17, 15) is 0 Å². The van der Waals surface area contributed by atoms with Crippen LogP contribution < -0.4 is 17.2 Å². The highest BCUT2D eigenvalue weighted by molar-refractivity contribution is 6.24. The molecule has 0 heterocycles. The molecule has 3 aromatic carbocycles. The third-order valence-corrected chi connectivity index (χ3v) is 7.10. The van der Waals surface area contributed by atoms with Gasteiger partial charge in [0.1, 0.15) is 0 Å². The Morgan fingerprint density at radius 2 is 1.16 bits per heavy atom. The van der Waals surface area contributed by atoms with Gasteiger partial charge in [0.25, 0.3) is 0 Å². The first-order valence-corrected chi connectivity index (χ1v) is 11.7. The minimum absolute atomic E-state index is 0.231. The summed E-state index contributed by atoms with van der Waals surface area (Å²) in [7, 11) is 0. The molecule has 2 unspecified atom stereocenters. The molecule has 0 saturated carbocycles. The second kappa shape index (κ2) is 9.87. The number of hydrogen-bond donors (Lipinski definition) is 3. The summed E-state index contributed by atoms with van der Waals surface area (Å²) in [5.41, 5.74) is 27.8. The molecule has 0 amide bonds. The summed E-state index contributed by atoms with van der Waals surface area (Å²) in [6, 6.07) is 18.7. The van der Waals surface area contributed by atoms with Crippen LogP contribution in [0.15, 0.2) is 54.6 Å². The number of rotatable bonds is 8. The zero-order chi connectivity index (χ0) is 23.5. The lowest BCUT2D eigenvalue weighted by Crippen LogP contribution is -2.29. The number of hydrogen-bond acceptors (Lipinski definition) is 3. The topological polar surface area (TPSA) is 78.1 Å². The van der Waals surface area contributed by atoms with Gasteiger partial charge in [-0.1, -0.05) is 25.1 Å². The summed E-state index contributed by atoms with van der Waals surface area (Å²) in [4.78, 5) is -0.534. The van der Waals surface area contributed by atoms with Crippen molar-refractivity contribution in [2.45, 2.75) is 58.3 Å². The van der Waals surface area contributed by atoms with Crippen LogP contribution in [0.2, 0.25) is 0 Å². The molecular weight excluding hydrogens is 414 g/mol. The highest BCUT2D eigenvalue weighted by Gasteiger charge is 2.35. The predicted molar refractivity (Wildman–Crippen MR) is 140 cm³/mol. The molecule has 0 aliphatic carbocycles. The number of nitrogen functional groups attached to an aromatic ring is 3. The van der Waals surface area contributed by atoms with Gasteiger partial charge in [0.15, 0.2) is 0 Å². The van der Waals surface area contributed by atoms with Gasteiger partial charge in [0, 0.05) is 17.1 Å². The minimum Gasteiger partial charge on any atom is -0.399 e. The molecule has 0 radical (unpaired) electrons. The van der Waals surface area contributed by atoms with E-state index in [0.29, 0.717) is 0 Å². The van der Waals surface area contributed by atoms with E-state index in [-0.39, 0.29) is 5.92 Å². The molecule has 3 rings (SSSR count). The normalized spacial score (nSPS) is 14.2. The first-order chi connectivity index (χ1) is 15.0. The van der Waals surface area contributed by atoms with Gasteiger partial charge in [-0.2, -0.15) is 0 Å². The van der Waals surface area contributed by atoms with Gasteiger partial charge in [-0.3, -0.25) is 0 Å². The van der Waals surface area contributed by atoms with Crippen LogP contribution in [-0.2, 0) is 17.7 Å². The molecule has 0 spiro atoms. The largest absolute Gasteiger partial charge is 0.399 e. The third kappa shape index (κ3) is 5.98. The van der Waals surface area contributed by atoms with Crippen LogP contribution in [0.1, 0.15) is 53.1 Å². The number of anilines is 3. The Morgan fingerprint density at radius 1 is 0.688 bits per heavy atom. The summed E-state index contributed by atoms with van der Waals surface area (Å²) >= 11 is 7.51. The van der Waals surface area contributed by atoms with E-state index in [4.69, 9.17) is 28.8 Å². The Balaban J connectivity index is 1.88. The lowest BCUT2D eigenvalue weighted by atomic mass is 9.78. The highest BCUT2D eigenvalue weighted by Crippen LogP contribution is 2.44. The van der Waals surface area contributed by atoms with Gasteiger partial charge in [0.2, 0.25) is 0 Å². The minimum atomic E-state index is -0.534. The molecule has 4 heteroatoms. The zero-order valence-electron chi connectivity index (χ0n) is 19.7. The van der Waals surface area contributed by atoms with Crippen LogP contribution in [0.3, 0.4) is 0 Å². The second-order valence-corrected chi connectivity index (χ2v) is 10.1. The molecule has 6 N–H and O–H groups in total. The molecule has 3 nitrogen and oxygen atoms in total. The molecular formula is C28H36ClN3. The SMILES string of the molecule is Cc1cc(N)cc(CCC(C)C(Cl)(CCc2cc(C)cc(N)c2)c2cc(C)cc(N)c2)c1. The van der Waals surface area contributed by atoms with Crippen LogP contribution in [0, 0.1) is 26.7 Å². The Morgan fingerprint density at radius 3 is 1.66 bits per heavy atom. The summed E-state index contributed by atoms with van der Waals surface area (Å²) in [5.74, 6) is 0.231. The Kier molecular flexibility index (Phi) is 7.40. The first-order valence-electron chi connectivity index (χ1n) is 11.3. The van der Waals surface area contributed by atoms with Crippen LogP contribution in [0.4, 0.5) is 17.1 Å². The maximum Gasteiger partial charge on any atom is 0.0724 e. The average molecular weight is 450 g/mol. The van der Waals surface area contributed by atoms with Crippen LogP contribution >= 0.6 is 11.6 Å². The first kappa shape index (κ1) is 24.0. The number of nitrogens with two attached hydrogens (primary N) is 3. The lowest BCUT2D eigenvalue weighted by molar-refractivity contribution is 0.359. The summed E-state index contributed by atoms with van der Waals surface area (Å²) in [6.45, 7) is 8.47. The molecule has 32 heavy (non-hydrogen) atoms. The number of aryl methyl sites for hydroxylation is 5. The molecule has 170 valence electrons. The van der Waals surface area contributed by atoms with Gasteiger partial charge >= 0.3 is 0 Å². The van der Waals surface area contributed by atoms with Crippen molar-refractivity contribution in [2.24, 2.45) is 5.92 Å². The molecule has 0 bridgehead atoms. The Labute approximate surface area is 198 Å². The van der Waals surface area contributed by atoms with Gasteiger partial charge < -0.3 is 17.2 Å². The molecule has 2 atom stereocenters. The van der Waals surface area contributed by atoms with E-state index in [1.54, 1.807) is 0 Å². The standard InChI is InChI=1S/C28H36ClN3/c1-18-9-22(15-25(30)12-18)6-5-21(4)28(29,24-11-20(3)14-27(32)17-24)8-7-23-10-19(2)13-26(31)16-23/h9-17,21H,5-8,30-32H2,1-4H3. The van der Waals surface area contributed by atoms with Gasteiger partial charge in [-0.05, 0) is 122 Å². The zero-order valence-corrected chi connectivity index (χ0v) is 20.5. The van der Waals surface area contributed by atoms with Crippen LogP contribution in [0.25, 0.3) is 0 Å². The van der Waals surface area contributed by atoms with E-state index in [1.807, 2.05) is 24.3 Å². The molecule has 0 saturated heterocycles. The van der Waals surface area contributed by atoms with Gasteiger partial charge in [-0.25, -0.2) is 0 Å². The second-order valence-electron chi connectivity index (χ2n) is 9.44. The quantitative estimate of drug-likeness (QED) is 0.264. The number of alkyl halides is 1. The number of benzene rings is 3. The predicted octanol–water partition coefficient (Wildman–Crippen LogP) is 6.69. The van der Waals surface area contributed by atoms with Crippen molar-refractivity contribution in [3.63, 3.8) is 0 Å². The van der Waals surface area contributed by atoms with Crippen molar-refractivity contribution in [2.75, 3.05) is 17.2 Å². The van der Waals surface area contributed by atoms with E-state index in [2.05, 4.69) is 58.0 Å². The van der Waals surface area contributed by atoms with Crippen molar-refractivity contribution in [3.8, 4) is 0 Å². The lowest BCUT2D eigenvalue weighted by Gasteiger charge is -2.35. The van der Waals surface area contributed by atoms with Crippen molar-refractivity contribution in [1.82, 2.24) is 0 Å². The van der Waals surface area contributed by atoms with E-state index < -0.39 is 4.87 Å². The molecule has 0 aliphatic rings. The molecule has 0 fully saturated rings. The highest BCUT2D eigenvalue weighted by atomic mass is 35.5. The molecule has 3 aromatic rings. The van der Waals surface area contributed by atoms with Crippen LogP contribution in [0.5, 0.6) is 0 Å². The monoisotopic (exact) mass is 449 g/mol. The molecule has 0 aromatic heterocycles. The van der Waals surface area contributed by atoms with E-state index in [1.165, 1.54) is 22.3 Å². The smallest absolute Gasteiger partial charge is 0.0724 e. The fourth-order valence-electron chi connectivity index (χ4n) is 4.74. The van der Waals surface area contributed by atoms with Crippen LogP contribution in [-0.4, -0.2) is 0 Å². The fraction of sp³-hybridized carbons (Fsp3) is 0.357. The van der Waals surface area contributed by atoms with Gasteiger partial charge in [-0.15, -0.1) is 11.6 Å². The van der Waals surface area contributed by atoms with Gasteiger partial charge in [0.05, 0.1) is 4.87 Å². The fourth-order valence-corrected chi connectivity index (χ4v) is 5.06. The Bertz CT molecular complexity index is 1030. The summed E-state index contributed by atoms with van der Waals surface area (Å²) in [6.07, 6.45) is 3.54. The third-order valence-electron chi connectivity index (χ3n) is 6.32. The van der Waals surface area contributed by atoms with E-state index in [0.717, 1.165) is 53.9 Å². The summed E-state index contributed by atoms with van der Waals surface area (Å²) in [5, 5.41) is 0. The maximum absolute atomic E-state index is 7.51. The maximum atomic E-state index is 7.51. The average Bonchev–Trinajstić information content (AvgIpc) is 2.68. The van der Waals surface area contributed by atoms with Crippen molar-refractivity contribution >= 4 is 28.7 Å². The van der Waals surface area contributed by atoms with E-state index >= 15 is 0 Å². The van der Waals surface area contributed by atoms with Crippen molar-refractivity contribution in [1.29, 1.82) is 0 Å².